The fourth-order valence-electron chi connectivity index (χ4n) is 9.45. The highest BCUT2D eigenvalue weighted by atomic mass is 16.3. The van der Waals surface area contributed by atoms with E-state index in [0.29, 0.717) is 0 Å². The molecule has 61 heavy (non-hydrogen) atoms. The highest BCUT2D eigenvalue weighted by molar-refractivity contribution is 5.97. The number of rotatable bonds is 8. The minimum atomic E-state index is -0.216. The third kappa shape index (κ3) is 6.45. The Balaban J connectivity index is 0.942. The summed E-state index contributed by atoms with van der Waals surface area (Å²) < 4.78 is 6.53. The maximum absolute atomic E-state index is 6.53. The molecule has 9 aromatic carbocycles. The normalized spacial score (nSPS) is 12.6. The minimum absolute atomic E-state index is 0.216. The standard InChI is InChI=1S/C59H43NO/c1-59(2)56-52(17-11-18-54(56)58-57(59)53-16-9-10-19-55(53)61-58)48-32-38-51(39-33-48)60(49-34-28-46(29-35-49)44-24-20-42(21-25-44)40-12-5-3-6-13-40)50-36-30-47(31-37-50)45-26-22-43(23-27-45)41-14-7-4-8-15-41/h3-39H,1-2H3. The first kappa shape index (κ1) is 36.4. The third-order valence-corrected chi connectivity index (χ3v) is 12.5. The number of benzene rings is 9. The summed E-state index contributed by atoms with van der Waals surface area (Å²) in [4.78, 5) is 2.36. The summed E-state index contributed by atoms with van der Waals surface area (Å²) in [5.41, 5.74) is 19.8. The van der Waals surface area contributed by atoms with Crippen LogP contribution < -0.4 is 4.90 Å². The van der Waals surface area contributed by atoms with E-state index in [1.807, 2.05) is 6.07 Å². The summed E-state index contributed by atoms with van der Waals surface area (Å²) in [7, 11) is 0. The molecular formula is C59H43NO. The molecule has 0 saturated heterocycles. The fourth-order valence-corrected chi connectivity index (χ4v) is 9.45. The second-order valence-corrected chi connectivity index (χ2v) is 16.5. The van der Waals surface area contributed by atoms with E-state index in [9.17, 15) is 0 Å². The molecule has 2 heteroatoms. The fraction of sp³-hybridized carbons (Fsp3) is 0.0508. The Morgan fingerprint density at radius 3 is 1.13 bits per heavy atom. The molecule has 2 nitrogen and oxygen atoms in total. The number of fused-ring (bicyclic) bond motifs is 5. The van der Waals surface area contributed by atoms with Gasteiger partial charge >= 0.3 is 0 Å². The molecular weight excluding hydrogens is 739 g/mol. The molecule has 11 rings (SSSR count). The van der Waals surface area contributed by atoms with Gasteiger partial charge in [0, 0.05) is 39.0 Å². The number of furan rings is 1. The van der Waals surface area contributed by atoms with Gasteiger partial charge in [-0.2, -0.15) is 0 Å². The minimum Gasteiger partial charge on any atom is -0.456 e. The van der Waals surface area contributed by atoms with Crippen molar-refractivity contribution < 1.29 is 4.42 Å². The molecule has 0 atom stereocenters. The van der Waals surface area contributed by atoms with E-state index in [4.69, 9.17) is 4.42 Å². The van der Waals surface area contributed by atoms with Crippen LogP contribution in [0.4, 0.5) is 17.1 Å². The maximum atomic E-state index is 6.53. The molecule has 0 amide bonds. The lowest BCUT2D eigenvalue weighted by atomic mass is 9.78. The van der Waals surface area contributed by atoms with E-state index in [1.165, 1.54) is 77.7 Å². The molecule has 0 N–H and O–H groups in total. The van der Waals surface area contributed by atoms with Crippen LogP contribution in [-0.2, 0) is 5.41 Å². The Labute approximate surface area is 357 Å². The monoisotopic (exact) mass is 781 g/mol. The molecule has 0 aliphatic heterocycles. The van der Waals surface area contributed by atoms with Crippen molar-refractivity contribution in [1.82, 2.24) is 0 Å². The molecule has 290 valence electrons. The highest BCUT2D eigenvalue weighted by Crippen LogP contribution is 2.55. The van der Waals surface area contributed by atoms with Gasteiger partial charge in [0.05, 0.1) is 0 Å². The molecule has 0 unspecified atom stereocenters. The van der Waals surface area contributed by atoms with Crippen molar-refractivity contribution in [3.8, 4) is 67.0 Å². The Kier molecular flexibility index (Phi) is 8.86. The first-order chi connectivity index (χ1) is 30.0. The van der Waals surface area contributed by atoms with Crippen LogP contribution in [0.1, 0.15) is 25.0 Å². The second-order valence-electron chi connectivity index (χ2n) is 16.5. The summed E-state index contributed by atoms with van der Waals surface area (Å²) in [6.07, 6.45) is 0. The molecule has 0 radical (unpaired) electrons. The van der Waals surface area contributed by atoms with Crippen molar-refractivity contribution in [2.45, 2.75) is 19.3 Å². The summed E-state index contributed by atoms with van der Waals surface area (Å²) in [5.74, 6) is 0.997. The summed E-state index contributed by atoms with van der Waals surface area (Å²) in [5, 5.41) is 1.20. The van der Waals surface area contributed by atoms with Gasteiger partial charge in [0.2, 0.25) is 0 Å². The average molecular weight is 782 g/mol. The van der Waals surface area contributed by atoms with Gasteiger partial charge in [-0.05, 0) is 104 Å². The van der Waals surface area contributed by atoms with Gasteiger partial charge in [-0.15, -0.1) is 0 Å². The van der Waals surface area contributed by atoms with E-state index in [1.54, 1.807) is 0 Å². The Morgan fingerprint density at radius 1 is 0.311 bits per heavy atom. The lowest BCUT2D eigenvalue weighted by Gasteiger charge is -2.27. The molecule has 0 fully saturated rings. The zero-order valence-corrected chi connectivity index (χ0v) is 34.2. The first-order valence-electron chi connectivity index (χ1n) is 21.1. The lowest BCUT2D eigenvalue weighted by Crippen LogP contribution is -2.16. The number of hydrogen-bond acceptors (Lipinski definition) is 2. The highest BCUT2D eigenvalue weighted by Gasteiger charge is 2.41. The van der Waals surface area contributed by atoms with Crippen molar-refractivity contribution in [1.29, 1.82) is 0 Å². The van der Waals surface area contributed by atoms with Crippen molar-refractivity contribution in [3.63, 3.8) is 0 Å². The van der Waals surface area contributed by atoms with Crippen molar-refractivity contribution >= 4 is 28.0 Å². The van der Waals surface area contributed by atoms with Crippen LogP contribution in [0.15, 0.2) is 229 Å². The van der Waals surface area contributed by atoms with E-state index in [2.05, 4.69) is 237 Å². The first-order valence-corrected chi connectivity index (χ1v) is 21.1. The van der Waals surface area contributed by atoms with Crippen LogP contribution in [0, 0.1) is 0 Å². The van der Waals surface area contributed by atoms with Crippen LogP contribution in [0.3, 0.4) is 0 Å². The Bertz CT molecular complexity index is 3020. The van der Waals surface area contributed by atoms with E-state index in [0.717, 1.165) is 28.4 Å². The topological polar surface area (TPSA) is 16.4 Å². The van der Waals surface area contributed by atoms with Gasteiger partial charge in [0.1, 0.15) is 11.3 Å². The maximum Gasteiger partial charge on any atom is 0.139 e. The second kappa shape index (κ2) is 14.9. The van der Waals surface area contributed by atoms with E-state index >= 15 is 0 Å². The summed E-state index contributed by atoms with van der Waals surface area (Å²) >= 11 is 0. The van der Waals surface area contributed by atoms with Crippen molar-refractivity contribution in [3.05, 3.63) is 236 Å². The molecule has 1 aliphatic rings. The predicted molar refractivity (Wildman–Crippen MR) is 256 cm³/mol. The third-order valence-electron chi connectivity index (χ3n) is 12.5. The van der Waals surface area contributed by atoms with Gasteiger partial charge in [0.25, 0.3) is 0 Å². The van der Waals surface area contributed by atoms with Gasteiger partial charge in [-0.3, -0.25) is 0 Å². The number of nitrogens with zero attached hydrogens (tertiary/aromatic N) is 1. The van der Waals surface area contributed by atoms with Crippen LogP contribution in [-0.4, -0.2) is 0 Å². The molecule has 0 saturated carbocycles. The van der Waals surface area contributed by atoms with E-state index in [-0.39, 0.29) is 5.41 Å². The van der Waals surface area contributed by atoms with Crippen LogP contribution >= 0.6 is 0 Å². The molecule has 1 aromatic heterocycles. The van der Waals surface area contributed by atoms with Gasteiger partial charge in [-0.1, -0.05) is 196 Å². The van der Waals surface area contributed by atoms with Gasteiger partial charge in [-0.25, -0.2) is 0 Å². The number of hydrogen-bond donors (Lipinski definition) is 0. The van der Waals surface area contributed by atoms with Crippen LogP contribution in [0.2, 0.25) is 0 Å². The average Bonchev–Trinajstić information content (AvgIpc) is 3.83. The van der Waals surface area contributed by atoms with Gasteiger partial charge < -0.3 is 9.32 Å². The lowest BCUT2D eigenvalue weighted by molar-refractivity contribution is 0.619. The van der Waals surface area contributed by atoms with Gasteiger partial charge in [0.15, 0.2) is 0 Å². The predicted octanol–water partition coefficient (Wildman–Crippen LogP) is 16.5. The summed E-state index contributed by atoms with van der Waals surface area (Å²) in [6.45, 7) is 4.67. The summed E-state index contributed by atoms with van der Waals surface area (Å²) in [6, 6.07) is 80.8. The van der Waals surface area contributed by atoms with E-state index < -0.39 is 0 Å². The molecule has 1 heterocycles. The zero-order chi connectivity index (χ0) is 40.9. The molecule has 0 bridgehead atoms. The van der Waals surface area contributed by atoms with Crippen LogP contribution in [0.25, 0.3) is 77.9 Å². The Morgan fingerprint density at radius 2 is 0.672 bits per heavy atom. The largest absolute Gasteiger partial charge is 0.456 e. The van der Waals surface area contributed by atoms with Crippen LogP contribution in [0.5, 0.6) is 0 Å². The number of anilines is 3. The van der Waals surface area contributed by atoms with Crippen molar-refractivity contribution in [2.75, 3.05) is 4.90 Å². The van der Waals surface area contributed by atoms with Crippen molar-refractivity contribution in [2.24, 2.45) is 0 Å². The SMILES string of the molecule is CC1(C)c2c(-c3ccc(N(c4ccc(-c5ccc(-c6ccccc6)cc5)cc4)c4ccc(-c5ccc(-c6ccccc6)cc5)cc4)cc3)cccc2-c2oc3ccccc3c21. The Hall–Kier alpha value is -7.68. The zero-order valence-electron chi connectivity index (χ0n) is 34.2. The quantitative estimate of drug-likeness (QED) is 0.153. The number of para-hydroxylation sites is 1. The molecule has 1 aliphatic carbocycles. The molecule has 10 aromatic rings. The smallest absolute Gasteiger partial charge is 0.139 e. The molecule has 0 spiro atoms.